The van der Waals surface area contributed by atoms with Crippen LogP contribution in [0.3, 0.4) is 0 Å². The number of rotatable bonds is 2. The lowest BCUT2D eigenvalue weighted by Gasteiger charge is -2.37. The van der Waals surface area contributed by atoms with Crippen molar-refractivity contribution in [1.29, 1.82) is 0 Å². The molecule has 0 saturated carbocycles. The minimum atomic E-state index is -1.28. The molecule has 1 unspecified atom stereocenters. The Kier molecular flexibility index (Phi) is 2.50. The molecule has 1 heterocycles. The van der Waals surface area contributed by atoms with Crippen LogP contribution in [0.25, 0.3) is 0 Å². The highest BCUT2D eigenvalue weighted by Gasteiger charge is 2.48. The summed E-state index contributed by atoms with van der Waals surface area (Å²) >= 11 is 0. The second-order valence-corrected chi connectivity index (χ2v) is 4.19. The molecule has 1 aliphatic heterocycles. The fourth-order valence-corrected chi connectivity index (χ4v) is 1.70. The highest BCUT2D eigenvalue weighted by atomic mass is 16.6. The fourth-order valence-electron chi connectivity index (χ4n) is 1.70. The van der Waals surface area contributed by atoms with E-state index in [0.717, 1.165) is 0 Å². The standard InChI is InChI=1S/C12H14O4/c1-8(2)12(11(13)14)7-15-9-5-3-4-6-10(9)16-12/h3-6,8H,7H2,1-2H3,(H,13,14). The van der Waals surface area contributed by atoms with Gasteiger partial charge in [0.15, 0.2) is 11.5 Å². The molecule has 0 radical (unpaired) electrons. The van der Waals surface area contributed by atoms with Crippen LogP contribution in [0, 0.1) is 5.92 Å². The van der Waals surface area contributed by atoms with Crippen molar-refractivity contribution in [3.8, 4) is 11.5 Å². The smallest absolute Gasteiger partial charge is 0.351 e. The second-order valence-electron chi connectivity index (χ2n) is 4.19. The highest BCUT2D eigenvalue weighted by Crippen LogP contribution is 2.37. The topological polar surface area (TPSA) is 55.8 Å². The summed E-state index contributed by atoms with van der Waals surface area (Å²) < 4.78 is 11.1. The number of fused-ring (bicyclic) bond motifs is 1. The molecule has 1 aromatic carbocycles. The first-order valence-electron chi connectivity index (χ1n) is 5.20. The average molecular weight is 222 g/mol. The van der Waals surface area contributed by atoms with Gasteiger partial charge in [-0.15, -0.1) is 0 Å². The van der Waals surface area contributed by atoms with E-state index in [-0.39, 0.29) is 12.5 Å². The number of carboxylic acids is 1. The van der Waals surface area contributed by atoms with Crippen molar-refractivity contribution >= 4 is 5.97 Å². The Morgan fingerprint density at radius 2 is 2.00 bits per heavy atom. The second kappa shape index (κ2) is 3.70. The van der Waals surface area contributed by atoms with Gasteiger partial charge in [0, 0.05) is 5.92 Å². The number of aliphatic carboxylic acids is 1. The van der Waals surface area contributed by atoms with Crippen molar-refractivity contribution in [2.24, 2.45) is 5.92 Å². The van der Waals surface area contributed by atoms with Crippen molar-refractivity contribution in [3.05, 3.63) is 24.3 Å². The molecule has 4 heteroatoms. The maximum absolute atomic E-state index is 11.3. The minimum absolute atomic E-state index is 0.0387. The van der Waals surface area contributed by atoms with E-state index in [9.17, 15) is 9.90 Å². The average Bonchev–Trinajstić information content (AvgIpc) is 2.27. The molecule has 0 amide bonds. The van der Waals surface area contributed by atoms with Crippen LogP contribution in [-0.2, 0) is 4.79 Å². The molecule has 0 aromatic heterocycles. The Morgan fingerprint density at radius 1 is 1.38 bits per heavy atom. The van der Waals surface area contributed by atoms with E-state index in [1.807, 2.05) is 19.9 Å². The number of hydrogen-bond donors (Lipinski definition) is 1. The van der Waals surface area contributed by atoms with Gasteiger partial charge in [0.25, 0.3) is 0 Å². The first kappa shape index (κ1) is 10.8. The van der Waals surface area contributed by atoms with Crippen LogP contribution >= 0.6 is 0 Å². The largest absolute Gasteiger partial charge is 0.485 e. The van der Waals surface area contributed by atoms with Crippen molar-refractivity contribution in [1.82, 2.24) is 0 Å². The molecule has 1 aliphatic rings. The summed E-state index contributed by atoms with van der Waals surface area (Å²) in [6.07, 6.45) is 0. The Balaban J connectivity index is 2.39. The summed E-state index contributed by atoms with van der Waals surface area (Å²) in [4.78, 5) is 11.3. The Labute approximate surface area is 93.8 Å². The highest BCUT2D eigenvalue weighted by molar-refractivity contribution is 5.79. The molecule has 0 aliphatic carbocycles. The minimum Gasteiger partial charge on any atom is -0.485 e. The Hall–Kier alpha value is -1.71. The summed E-state index contributed by atoms with van der Waals surface area (Å²) in [6, 6.07) is 7.10. The van der Waals surface area contributed by atoms with Crippen molar-refractivity contribution in [2.45, 2.75) is 19.4 Å². The van der Waals surface area contributed by atoms with Gasteiger partial charge in [0.1, 0.15) is 6.61 Å². The molecule has 1 N–H and O–H groups in total. The van der Waals surface area contributed by atoms with Gasteiger partial charge < -0.3 is 14.6 Å². The monoisotopic (exact) mass is 222 g/mol. The molecule has 86 valence electrons. The molecule has 0 bridgehead atoms. The van der Waals surface area contributed by atoms with Crippen molar-refractivity contribution in [2.75, 3.05) is 6.61 Å². The predicted octanol–water partition coefficient (Wildman–Crippen LogP) is 1.94. The quantitative estimate of drug-likeness (QED) is 0.830. The van der Waals surface area contributed by atoms with E-state index in [1.165, 1.54) is 0 Å². The van der Waals surface area contributed by atoms with Gasteiger partial charge in [0.05, 0.1) is 0 Å². The lowest BCUT2D eigenvalue weighted by Crippen LogP contribution is -2.55. The zero-order valence-corrected chi connectivity index (χ0v) is 9.27. The molecular weight excluding hydrogens is 208 g/mol. The van der Waals surface area contributed by atoms with Gasteiger partial charge >= 0.3 is 5.97 Å². The SMILES string of the molecule is CC(C)C1(C(=O)O)COc2ccccc2O1. The molecule has 16 heavy (non-hydrogen) atoms. The fraction of sp³-hybridized carbons (Fsp3) is 0.417. The lowest BCUT2D eigenvalue weighted by atomic mass is 9.90. The maximum atomic E-state index is 11.3. The van der Waals surface area contributed by atoms with Crippen LogP contribution in [0.15, 0.2) is 24.3 Å². The predicted molar refractivity (Wildman–Crippen MR) is 57.8 cm³/mol. The lowest BCUT2D eigenvalue weighted by molar-refractivity contribution is -0.166. The molecule has 0 fully saturated rings. The van der Waals surface area contributed by atoms with E-state index < -0.39 is 11.6 Å². The van der Waals surface area contributed by atoms with Gasteiger partial charge in [-0.2, -0.15) is 0 Å². The van der Waals surface area contributed by atoms with E-state index in [1.54, 1.807) is 18.2 Å². The summed E-state index contributed by atoms with van der Waals surface area (Å²) in [5.41, 5.74) is -1.28. The zero-order chi connectivity index (χ0) is 11.8. The van der Waals surface area contributed by atoms with Crippen LogP contribution in [0.2, 0.25) is 0 Å². The van der Waals surface area contributed by atoms with E-state index >= 15 is 0 Å². The Bertz CT molecular complexity index is 413. The van der Waals surface area contributed by atoms with Crippen LogP contribution in [0.1, 0.15) is 13.8 Å². The molecule has 4 nitrogen and oxygen atoms in total. The molecular formula is C12H14O4. The van der Waals surface area contributed by atoms with Gasteiger partial charge in [-0.3, -0.25) is 0 Å². The van der Waals surface area contributed by atoms with Gasteiger partial charge in [-0.25, -0.2) is 4.79 Å². The number of benzene rings is 1. The molecule has 1 aromatic rings. The van der Waals surface area contributed by atoms with Crippen LogP contribution in [0.4, 0.5) is 0 Å². The van der Waals surface area contributed by atoms with Crippen molar-refractivity contribution < 1.29 is 19.4 Å². The first-order valence-corrected chi connectivity index (χ1v) is 5.20. The molecule has 0 spiro atoms. The van der Waals surface area contributed by atoms with Crippen LogP contribution in [0.5, 0.6) is 11.5 Å². The number of hydrogen-bond acceptors (Lipinski definition) is 3. The summed E-state index contributed by atoms with van der Waals surface area (Å²) in [5, 5.41) is 9.28. The Morgan fingerprint density at radius 3 is 2.56 bits per heavy atom. The van der Waals surface area contributed by atoms with Gasteiger partial charge in [-0.05, 0) is 12.1 Å². The third-order valence-corrected chi connectivity index (χ3v) is 2.88. The third-order valence-electron chi connectivity index (χ3n) is 2.88. The first-order chi connectivity index (χ1) is 7.56. The van der Waals surface area contributed by atoms with Crippen molar-refractivity contribution in [3.63, 3.8) is 0 Å². The van der Waals surface area contributed by atoms with E-state index in [4.69, 9.17) is 9.47 Å². The molecule has 0 saturated heterocycles. The molecule has 2 rings (SSSR count). The number of ether oxygens (including phenoxy) is 2. The van der Waals surface area contributed by atoms with E-state index in [2.05, 4.69) is 0 Å². The normalized spacial score (nSPS) is 23.2. The maximum Gasteiger partial charge on any atom is 0.351 e. The summed E-state index contributed by atoms with van der Waals surface area (Å²) in [7, 11) is 0. The van der Waals surface area contributed by atoms with E-state index in [0.29, 0.717) is 11.5 Å². The molecule has 1 atom stereocenters. The van der Waals surface area contributed by atoms with Gasteiger partial charge in [0.2, 0.25) is 5.60 Å². The summed E-state index contributed by atoms with van der Waals surface area (Å²) in [5.74, 6) is -0.0692. The third kappa shape index (κ3) is 1.50. The van der Waals surface area contributed by atoms with Crippen LogP contribution < -0.4 is 9.47 Å². The zero-order valence-electron chi connectivity index (χ0n) is 9.27. The number of carbonyl (C=O) groups is 1. The van der Waals surface area contributed by atoms with Crippen LogP contribution in [-0.4, -0.2) is 23.3 Å². The number of carboxylic acid groups (broad SMARTS) is 1. The summed E-state index contributed by atoms with van der Waals surface area (Å²) in [6.45, 7) is 3.66. The number of para-hydroxylation sites is 2. The van der Waals surface area contributed by atoms with Gasteiger partial charge in [-0.1, -0.05) is 26.0 Å².